The van der Waals surface area contributed by atoms with Crippen LogP contribution in [0.4, 0.5) is 0 Å². The number of piperidine rings is 1. The number of carbonyl (C=O) groups is 1. The fourth-order valence-electron chi connectivity index (χ4n) is 3.62. The molecule has 0 aliphatic carbocycles. The third-order valence-electron chi connectivity index (χ3n) is 5.06. The molecule has 0 aromatic heterocycles. The average Bonchev–Trinajstić information content (AvgIpc) is 2.63. The van der Waals surface area contributed by atoms with Gasteiger partial charge >= 0.3 is 0 Å². The number of amides is 1. The van der Waals surface area contributed by atoms with Crippen molar-refractivity contribution in [1.29, 1.82) is 0 Å². The van der Waals surface area contributed by atoms with Crippen molar-refractivity contribution >= 4 is 5.91 Å². The Labute approximate surface area is 144 Å². The Morgan fingerprint density at radius 1 is 1.33 bits per heavy atom. The second-order valence-electron chi connectivity index (χ2n) is 6.96. The van der Waals surface area contributed by atoms with Crippen LogP contribution in [0.1, 0.15) is 31.4 Å². The molecule has 2 fully saturated rings. The Hall–Kier alpha value is -1.43. The van der Waals surface area contributed by atoms with Crippen molar-refractivity contribution in [2.45, 2.75) is 31.8 Å². The molecule has 0 radical (unpaired) electrons. The van der Waals surface area contributed by atoms with Gasteiger partial charge in [-0.1, -0.05) is 30.3 Å². The molecule has 1 aromatic carbocycles. The zero-order valence-electron chi connectivity index (χ0n) is 14.5. The van der Waals surface area contributed by atoms with E-state index in [1.54, 1.807) is 0 Å². The van der Waals surface area contributed by atoms with E-state index in [0.29, 0.717) is 6.04 Å². The van der Waals surface area contributed by atoms with Gasteiger partial charge in [0.2, 0.25) is 5.91 Å². The van der Waals surface area contributed by atoms with Crippen molar-refractivity contribution in [3.05, 3.63) is 35.9 Å². The van der Waals surface area contributed by atoms with Crippen molar-refractivity contribution in [3.63, 3.8) is 0 Å². The quantitative estimate of drug-likeness (QED) is 0.860. The summed E-state index contributed by atoms with van der Waals surface area (Å²) in [6, 6.07) is 10.8. The van der Waals surface area contributed by atoms with Gasteiger partial charge in [0.05, 0.1) is 19.3 Å². The Morgan fingerprint density at radius 3 is 2.79 bits per heavy atom. The van der Waals surface area contributed by atoms with Crippen molar-refractivity contribution < 1.29 is 9.53 Å². The molecule has 2 saturated heterocycles. The molecule has 2 N–H and O–H groups in total. The molecule has 1 amide bonds. The Kier molecular flexibility index (Phi) is 6.24. The topological polar surface area (TPSA) is 53.6 Å². The van der Waals surface area contributed by atoms with Gasteiger partial charge in [0.1, 0.15) is 0 Å². The molecule has 2 aliphatic rings. The molecule has 132 valence electrons. The smallest absolute Gasteiger partial charge is 0.223 e. The first-order valence-corrected chi connectivity index (χ1v) is 9.11. The summed E-state index contributed by atoms with van der Waals surface area (Å²) >= 11 is 0. The fraction of sp³-hybridized carbons (Fsp3) is 0.632. The summed E-state index contributed by atoms with van der Waals surface area (Å²) in [6.07, 6.45) is 1.85. The van der Waals surface area contributed by atoms with E-state index in [2.05, 4.69) is 34.6 Å². The summed E-state index contributed by atoms with van der Waals surface area (Å²) in [7, 11) is 0. The molecule has 3 rings (SSSR count). The highest BCUT2D eigenvalue weighted by Gasteiger charge is 2.27. The molecule has 1 aromatic rings. The Balaban J connectivity index is 1.66. The minimum Gasteiger partial charge on any atom is -0.379 e. The molecular weight excluding hydrogens is 302 g/mol. The van der Waals surface area contributed by atoms with Gasteiger partial charge in [-0.3, -0.25) is 9.69 Å². The van der Waals surface area contributed by atoms with Crippen molar-refractivity contribution in [3.8, 4) is 0 Å². The molecule has 0 spiro atoms. The number of benzene rings is 1. The van der Waals surface area contributed by atoms with E-state index in [0.717, 1.165) is 52.2 Å². The van der Waals surface area contributed by atoms with E-state index in [1.165, 1.54) is 5.56 Å². The number of morpholine rings is 1. The number of carbonyl (C=O) groups excluding carboxylic acids is 1. The summed E-state index contributed by atoms with van der Waals surface area (Å²) < 4.78 is 5.44. The normalized spacial score (nSPS) is 26.7. The van der Waals surface area contributed by atoms with E-state index < -0.39 is 0 Å². The van der Waals surface area contributed by atoms with Crippen molar-refractivity contribution in [2.24, 2.45) is 5.92 Å². The SMILES string of the molecule is C[C@H]1C[C@@H](C(=O)NC(CN2CCOCC2)c2ccccc2)CCN1. The van der Waals surface area contributed by atoms with Crippen LogP contribution >= 0.6 is 0 Å². The number of ether oxygens (including phenoxy) is 1. The van der Waals surface area contributed by atoms with E-state index >= 15 is 0 Å². The third-order valence-corrected chi connectivity index (χ3v) is 5.06. The number of nitrogens with zero attached hydrogens (tertiary/aromatic N) is 1. The summed E-state index contributed by atoms with van der Waals surface area (Å²) in [4.78, 5) is 15.2. The molecule has 0 saturated carbocycles. The lowest BCUT2D eigenvalue weighted by atomic mass is 9.92. The van der Waals surface area contributed by atoms with E-state index in [9.17, 15) is 4.79 Å². The molecular formula is C19H29N3O2. The van der Waals surface area contributed by atoms with Crippen LogP contribution in [0.5, 0.6) is 0 Å². The minimum absolute atomic E-state index is 0.0435. The lowest BCUT2D eigenvalue weighted by Gasteiger charge is -2.33. The van der Waals surface area contributed by atoms with Crippen molar-refractivity contribution in [1.82, 2.24) is 15.5 Å². The van der Waals surface area contributed by atoms with Crippen LogP contribution in [0.15, 0.2) is 30.3 Å². The van der Waals surface area contributed by atoms with Crippen LogP contribution in [0.2, 0.25) is 0 Å². The van der Waals surface area contributed by atoms with Gasteiger partial charge in [0, 0.05) is 31.6 Å². The number of rotatable bonds is 5. The first kappa shape index (κ1) is 17.4. The van der Waals surface area contributed by atoms with E-state index in [-0.39, 0.29) is 17.9 Å². The highest BCUT2D eigenvalue weighted by atomic mass is 16.5. The lowest BCUT2D eigenvalue weighted by Crippen LogP contribution is -2.46. The highest BCUT2D eigenvalue weighted by molar-refractivity contribution is 5.79. The first-order chi connectivity index (χ1) is 11.7. The maximum atomic E-state index is 12.8. The maximum Gasteiger partial charge on any atom is 0.223 e. The van der Waals surface area contributed by atoms with Gasteiger partial charge < -0.3 is 15.4 Å². The standard InChI is InChI=1S/C19H29N3O2/c1-15-13-17(7-8-20-15)19(23)21-18(16-5-3-2-4-6-16)14-22-9-11-24-12-10-22/h2-6,15,17-18,20H,7-14H2,1H3,(H,21,23)/t15-,17-,18?/m0/s1. The minimum atomic E-state index is 0.0435. The van der Waals surface area contributed by atoms with Crippen LogP contribution in [-0.4, -0.2) is 56.2 Å². The predicted octanol–water partition coefficient (Wildman–Crippen LogP) is 1.56. The van der Waals surface area contributed by atoms with Gasteiger partial charge in [-0.25, -0.2) is 0 Å². The largest absolute Gasteiger partial charge is 0.379 e. The van der Waals surface area contributed by atoms with E-state index in [1.807, 2.05) is 18.2 Å². The van der Waals surface area contributed by atoms with Crippen molar-refractivity contribution in [2.75, 3.05) is 39.4 Å². The Morgan fingerprint density at radius 2 is 2.08 bits per heavy atom. The zero-order chi connectivity index (χ0) is 16.8. The highest BCUT2D eigenvalue weighted by Crippen LogP contribution is 2.20. The summed E-state index contributed by atoms with van der Waals surface area (Å²) in [5.74, 6) is 0.322. The van der Waals surface area contributed by atoms with Gasteiger partial charge in [0.15, 0.2) is 0 Å². The number of hydrogen-bond acceptors (Lipinski definition) is 4. The molecule has 3 atom stereocenters. The van der Waals surface area contributed by atoms with Crippen LogP contribution < -0.4 is 10.6 Å². The van der Waals surface area contributed by atoms with E-state index in [4.69, 9.17) is 4.74 Å². The van der Waals surface area contributed by atoms with Gasteiger partial charge in [-0.2, -0.15) is 0 Å². The summed E-state index contributed by atoms with van der Waals surface area (Å²) in [5.41, 5.74) is 1.18. The maximum absolute atomic E-state index is 12.8. The lowest BCUT2D eigenvalue weighted by molar-refractivity contribution is -0.127. The van der Waals surface area contributed by atoms with Crippen LogP contribution in [0, 0.1) is 5.92 Å². The second kappa shape index (κ2) is 8.60. The van der Waals surface area contributed by atoms with Crippen LogP contribution in [0.3, 0.4) is 0 Å². The second-order valence-corrected chi connectivity index (χ2v) is 6.96. The van der Waals surface area contributed by atoms with Crippen LogP contribution in [0.25, 0.3) is 0 Å². The average molecular weight is 331 g/mol. The molecule has 2 aliphatic heterocycles. The van der Waals surface area contributed by atoms with Crippen LogP contribution in [-0.2, 0) is 9.53 Å². The summed E-state index contributed by atoms with van der Waals surface area (Å²) in [5, 5.41) is 6.74. The monoisotopic (exact) mass is 331 g/mol. The third kappa shape index (κ3) is 4.79. The zero-order valence-corrected chi connectivity index (χ0v) is 14.5. The van der Waals surface area contributed by atoms with Gasteiger partial charge in [0.25, 0.3) is 0 Å². The Bertz CT molecular complexity index is 517. The number of hydrogen-bond donors (Lipinski definition) is 2. The fourth-order valence-corrected chi connectivity index (χ4v) is 3.62. The first-order valence-electron chi connectivity index (χ1n) is 9.11. The molecule has 1 unspecified atom stereocenters. The molecule has 5 heteroatoms. The number of nitrogens with one attached hydrogen (secondary N) is 2. The summed E-state index contributed by atoms with van der Waals surface area (Å²) in [6.45, 7) is 7.36. The molecule has 24 heavy (non-hydrogen) atoms. The predicted molar refractivity (Wildman–Crippen MR) is 94.8 cm³/mol. The molecule has 2 heterocycles. The van der Waals surface area contributed by atoms with Gasteiger partial charge in [-0.05, 0) is 31.9 Å². The van der Waals surface area contributed by atoms with Gasteiger partial charge in [-0.15, -0.1) is 0 Å². The molecule has 0 bridgehead atoms. The molecule has 5 nitrogen and oxygen atoms in total.